The number of nitrogens with two attached hydrogens (primary N) is 1. The largest absolute Gasteiger partial charge is 0.480 e. The van der Waals surface area contributed by atoms with Crippen molar-refractivity contribution in [3.05, 3.63) is 0 Å². The number of nitrogens with one attached hydrogen (secondary N) is 1. The molecule has 0 aliphatic carbocycles. The fraction of sp³-hybridized carbons (Fsp3) is 0.700. The number of likely N-dealkylation sites (N-methyl/N-ethyl adjacent to an activating group) is 1. The van der Waals surface area contributed by atoms with Crippen molar-refractivity contribution >= 4 is 17.9 Å². The maximum atomic E-state index is 11.7. The van der Waals surface area contributed by atoms with Crippen LogP contribution in [0.1, 0.15) is 26.7 Å². The molecule has 0 unspecified atom stereocenters. The number of carbonyl (C=O) groups excluding carboxylic acids is 2. The molecule has 0 atom stereocenters. The van der Waals surface area contributed by atoms with Gasteiger partial charge in [0.2, 0.25) is 5.91 Å². The Balaban J connectivity index is 4.72. The summed E-state index contributed by atoms with van der Waals surface area (Å²) in [5.41, 5.74) is 3.64. The monoisotopic (exact) mass is 245 g/mol. The van der Waals surface area contributed by atoms with Crippen molar-refractivity contribution in [2.75, 3.05) is 13.6 Å². The fourth-order valence-corrected chi connectivity index (χ4v) is 1.39. The Labute approximate surface area is 100.0 Å². The Morgan fingerprint density at radius 3 is 2.06 bits per heavy atom. The van der Waals surface area contributed by atoms with E-state index in [0.29, 0.717) is 0 Å². The van der Waals surface area contributed by atoms with Crippen LogP contribution in [0.4, 0.5) is 4.79 Å². The molecule has 17 heavy (non-hydrogen) atoms. The number of nitrogens with zero attached hydrogens (tertiary/aromatic N) is 1. The van der Waals surface area contributed by atoms with E-state index in [9.17, 15) is 14.4 Å². The van der Waals surface area contributed by atoms with Crippen LogP contribution in [-0.2, 0) is 9.59 Å². The fourth-order valence-electron chi connectivity index (χ4n) is 1.39. The van der Waals surface area contributed by atoms with Crippen LogP contribution in [0.25, 0.3) is 0 Å². The zero-order valence-electron chi connectivity index (χ0n) is 10.3. The minimum Gasteiger partial charge on any atom is -0.480 e. The van der Waals surface area contributed by atoms with E-state index in [4.69, 9.17) is 10.8 Å². The quantitative estimate of drug-likeness (QED) is 0.599. The van der Waals surface area contributed by atoms with Crippen LogP contribution in [0, 0.1) is 0 Å². The normalized spacial score (nSPS) is 10.8. The van der Waals surface area contributed by atoms with Crippen LogP contribution < -0.4 is 11.1 Å². The van der Waals surface area contributed by atoms with Gasteiger partial charge in [0.05, 0.1) is 0 Å². The average molecular weight is 245 g/mol. The Morgan fingerprint density at radius 1 is 1.29 bits per heavy atom. The van der Waals surface area contributed by atoms with Crippen LogP contribution in [-0.4, -0.2) is 47.0 Å². The summed E-state index contributed by atoms with van der Waals surface area (Å²) in [5, 5.41) is 11.5. The molecule has 0 saturated carbocycles. The number of primary amides is 1. The lowest BCUT2D eigenvalue weighted by Gasteiger charge is -2.30. The number of aliphatic carboxylic acids is 1. The van der Waals surface area contributed by atoms with Crippen molar-refractivity contribution in [3.63, 3.8) is 0 Å². The van der Waals surface area contributed by atoms with Gasteiger partial charge in [-0.05, 0) is 12.8 Å². The standard InChI is InChI=1S/C10H19N3O4/c1-4-10(5-2,8(15)16)12-9(17)13(3)6-7(11)14/h4-6H2,1-3H3,(H2,11,14)(H,12,17)(H,15,16). The lowest BCUT2D eigenvalue weighted by Crippen LogP contribution is -2.57. The van der Waals surface area contributed by atoms with E-state index in [1.54, 1.807) is 13.8 Å². The highest BCUT2D eigenvalue weighted by molar-refractivity contribution is 5.88. The molecule has 0 aromatic carbocycles. The van der Waals surface area contributed by atoms with Gasteiger partial charge in [-0.1, -0.05) is 13.8 Å². The Kier molecular flexibility index (Phi) is 5.43. The summed E-state index contributed by atoms with van der Waals surface area (Å²) in [7, 11) is 1.37. The molecule has 0 rings (SSSR count). The molecule has 0 fully saturated rings. The molecule has 0 aliphatic heterocycles. The van der Waals surface area contributed by atoms with E-state index in [-0.39, 0.29) is 19.4 Å². The molecular formula is C10H19N3O4. The van der Waals surface area contributed by atoms with Gasteiger partial charge < -0.3 is 21.1 Å². The third kappa shape index (κ3) is 3.93. The van der Waals surface area contributed by atoms with Crippen molar-refractivity contribution in [1.82, 2.24) is 10.2 Å². The van der Waals surface area contributed by atoms with Crippen LogP contribution in [0.2, 0.25) is 0 Å². The molecule has 98 valence electrons. The molecule has 4 N–H and O–H groups in total. The second kappa shape index (κ2) is 6.07. The SMILES string of the molecule is CCC(CC)(NC(=O)N(C)CC(N)=O)C(=O)O. The predicted molar refractivity (Wildman–Crippen MR) is 61.3 cm³/mol. The lowest BCUT2D eigenvalue weighted by atomic mass is 9.93. The summed E-state index contributed by atoms with van der Waals surface area (Å²) in [6.07, 6.45) is 0.518. The van der Waals surface area contributed by atoms with E-state index in [1.807, 2.05) is 0 Å². The van der Waals surface area contributed by atoms with Crippen molar-refractivity contribution in [2.24, 2.45) is 5.73 Å². The molecule has 0 aliphatic rings. The number of carbonyl (C=O) groups is 3. The zero-order valence-corrected chi connectivity index (χ0v) is 10.3. The van der Waals surface area contributed by atoms with Crippen molar-refractivity contribution in [2.45, 2.75) is 32.2 Å². The predicted octanol–water partition coefficient (Wildman–Crippen LogP) is -0.243. The first-order valence-corrected chi connectivity index (χ1v) is 5.34. The first-order valence-electron chi connectivity index (χ1n) is 5.34. The second-order valence-corrected chi connectivity index (χ2v) is 3.85. The average Bonchev–Trinajstić information content (AvgIpc) is 2.24. The minimum absolute atomic E-state index is 0.255. The highest BCUT2D eigenvalue weighted by Crippen LogP contribution is 2.15. The summed E-state index contributed by atoms with van der Waals surface area (Å²) in [4.78, 5) is 34.5. The number of carboxylic acid groups (broad SMARTS) is 1. The van der Waals surface area contributed by atoms with Crippen molar-refractivity contribution in [1.29, 1.82) is 0 Å². The van der Waals surface area contributed by atoms with Crippen LogP contribution in [0.3, 0.4) is 0 Å². The minimum atomic E-state index is -1.30. The van der Waals surface area contributed by atoms with Gasteiger partial charge in [-0.25, -0.2) is 9.59 Å². The molecule has 0 heterocycles. The number of carboxylic acids is 1. The highest BCUT2D eigenvalue weighted by Gasteiger charge is 2.37. The van der Waals surface area contributed by atoms with Crippen molar-refractivity contribution < 1.29 is 19.5 Å². The van der Waals surface area contributed by atoms with E-state index in [2.05, 4.69) is 5.32 Å². The highest BCUT2D eigenvalue weighted by atomic mass is 16.4. The summed E-state index contributed by atoms with van der Waals surface area (Å²) in [6.45, 7) is 3.09. The van der Waals surface area contributed by atoms with Gasteiger partial charge in [0.1, 0.15) is 12.1 Å². The molecule has 0 aromatic heterocycles. The summed E-state index contributed by atoms with van der Waals surface area (Å²) < 4.78 is 0. The number of amides is 3. The van der Waals surface area contributed by atoms with Crippen LogP contribution in [0.5, 0.6) is 0 Å². The van der Waals surface area contributed by atoms with Gasteiger partial charge in [-0.15, -0.1) is 0 Å². The summed E-state index contributed by atoms with van der Waals surface area (Å²) in [6, 6.07) is -0.630. The molecule has 7 nitrogen and oxygen atoms in total. The molecular weight excluding hydrogens is 226 g/mol. The lowest BCUT2D eigenvalue weighted by molar-refractivity contribution is -0.144. The number of urea groups is 1. The summed E-state index contributed by atoms with van der Waals surface area (Å²) in [5.74, 6) is -1.75. The van der Waals surface area contributed by atoms with E-state index >= 15 is 0 Å². The first kappa shape index (κ1) is 15.2. The third-order valence-electron chi connectivity index (χ3n) is 2.70. The van der Waals surface area contributed by atoms with E-state index < -0.39 is 23.4 Å². The maximum Gasteiger partial charge on any atom is 0.329 e. The topological polar surface area (TPSA) is 113 Å². The molecule has 0 aromatic rings. The van der Waals surface area contributed by atoms with E-state index in [0.717, 1.165) is 4.90 Å². The number of rotatable bonds is 6. The summed E-state index contributed by atoms with van der Waals surface area (Å²) >= 11 is 0. The van der Waals surface area contributed by atoms with Gasteiger partial charge in [0, 0.05) is 7.05 Å². The molecule has 0 radical (unpaired) electrons. The zero-order chi connectivity index (χ0) is 13.6. The Morgan fingerprint density at radius 2 is 1.76 bits per heavy atom. The third-order valence-corrected chi connectivity index (χ3v) is 2.70. The number of hydrogen-bond donors (Lipinski definition) is 3. The van der Waals surface area contributed by atoms with Crippen LogP contribution in [0.15, 0.2) is 0 Å². The number of hydrogen-bond acceptors (Lipinski definition) is 3. The van der Waals surface area contributed by atoms with Gasteiger partial charge >= 0.3 is 12.0 Å². The Bertz CT molecular complexity index is 313. The molecule has 0 bridgehead atoms. The van der Waals surface area contributed by atoms with Gasteiger partial charge in [-0.3, -0.25) is 4.79 Å². The van der Waals surface area contributed by atoms with Crippen molar-refractivity contribution in [3.8, 4) is 0 Å². The van der Waals surface area contributed by atoms with Gasteiger partial charge in [-0.2, -0.15) is 0 Å². The molecule has 3 amide bonds. The maximum absolute atomic E-state index is 11.7. The Hall–Kier alpha value is -1.79. The molecule has 7 heteroatoms. The van der Waals surface area contributed by atoms with E-state index in [1.165, 1.54) is 7.05 Å². The molecule has 0 spiro atoms. The molecule has 0 saturated heterocycles. The first-order chi connectivity index (χ1) is 7.79. The second-order valence-electron chi connectivity index (χ2n) is 3.85. The van der Waals surface area contributed by atoms with Crippen LogP contribution >= 0.6 is 0 Å². The smallest absolute Gasteiger partial charge is 0.329 e. The van der Waals surface area contributed by atoms with Gasteiger partial charge in [0.25, 0.3) is 0 Å². The van der Waals surface area contributed by atoms with Gasteiger partial charge in [0.15, 0.2) is 0 Å².